The number of halogens is 1. The summed E-state index contributed by atoms with van der Waals surface area (Å²) in [6.45, 7) is 2.68. The molecule has 0 aliphatic heterocycles. The fourth-order valence-electron chi connectivity index (χ4n) is 2.01. The molecule has 0 amide bonds. The monoisotopic (exact) mass is 257 g/mol. The highest BCUT2D eigenvalue weighted by Crippen LogP contribution is 2.19. The lowest BCUT2D eigenvalue weighted by Crippen LogP contribution is -2.02. The fraction of sp³-hybridized carbons (Fsp3) is 0.143. The number of aromatic nitrogens is 3. The average Bonchev–Trinajstić information content (AvgIpc) is 2.79. The van der Waals surface area contributed by atoms with Crippen molar-refractivity contribution in [3.05, 3.63) is 59.1 Å². The van der Waals surface area contributed by atoms with Crippen LogP contribution in [0, 0.1) is 6.92 Å². The molecule has 0 aliphatic carbocycles. The lowest BCUT2D eigenvalue weighted by molar-refractivity contribution is 0.790. The van der Waals surface area contributed by atoms with Crippen molar-refractivity contribution in [3.8, 4) is 0 Å². The summed E-state index contributed by atoms with van der Waals surface area (Å²) in [4.78, 5) is 8.76. The van der Waals surface area contributed by atoms with E-state index in [1.165, 1.54) is 0 Å². The van der Waals surface area contributed by atoms with E-state index in [0.717, 1.165) is 27.3 Å². The number of hydrogen-bond acceptors (Lipinski definition) is 2. The molecule has 90 valence electrons. The first-order valence-electron chi connectivity index (χ1n) is 5.75. The summed E-state index contributed by atoms with van der Waals surface area (Å²) in [6.07, 6.45) is 3.58. The van der Waals surface area contributed by atoms with E-state index in [9.17, 15) is 0 Å². The molecule has 0 saturated carbocycles. The molecule has 0 bridgehead atoms. The van der Waals surface area contributed by atoms with Gasteiger partial charge in [-0.25, -0.2) is 4.98 Å². The van der Waals surface area contributed by atoms with Crippen molar-refractivity contribution >= 4 is 22.6 Å². The van der Waals surface area contributed by atoms with Crippen molar-refractivity contribution < 1.29 is 0 Å². The molecule has 3 rings (SSSR count). The van der Waals surface area contributed by atoms with Crippen LogP contribution >= 0.6 is 11.6 Å². The van der Waals surface area contributed by atoms with Crippen molar-refractivity contribution in [2.75, 3.05) is 0 Å². The highest BCUT2D eigenvalue weighted by Gasteiger charge is 2.07. The maximum atomic E-state index is 6.11. The second-order valence-electron chi connectivity index (χ2n) is 4.23. The molecule has 0 N–H and O–H groups in total. The number of imidazole rings is 1. The summed E-state index contributed by atoms with van der Waals surface area (Å²) in [5, 5.41) is 0.754. The molecule has 18 heavy (non-hydrogen) atoms. The first-order valence-corrected chi connectivity index (χ1v) is 6.13. The first kappa shape index (κ1) is 11.2. The number of pyridine rings is 1. The maximum absolute atomic E-state index is 6.11. The second kappa shape index (κ2) is 4.42. The van der Waals surface area contributed by atoms with Gasteiger partial charge in [0.25, 0.3) is 0 Å². The number of benzene rings is 1. The van der Waals surface area contributed by atoms with Crippen molar-refractivity contribution in [2.24, 2.45) is 0 Å². The summed E-state index contributed by atoms with van der Waals surface area (Å²) >= 11 is 6.11. The van der Waals surface area contributed by atoms with Gasteiger partial charge in [-0.15, -0.1) is 0 Å². The zero-order valence-corrected chi connectivity index (χ0v) is 10.7. The van der Waals surface area contributed by atoms with E-state index in [4.69, 9.17) is 11.6 Å². The molecular weight excluding hydrogens is 246 g/mol. The Balaban J connectivity index is 2.04. The van der Waals surface area contributed by atoms with Gasteiger partial charge in [0.05, 0.1) is 29.6 Å². The van der Waals surface area contributed by atoms with E-state index in [2.05, 4.69) is 20.6 Å². The number of nitrogens with zero attached hydrogens (tertiary/aromatic N) is 3. The molecule has 0 fully saturated rings. The molecule has 3 nitrogen and oxygen atoms in total. The number of para-hydroxylation sites is 2. The summed E-state index contributed by atoms with van der Waals surface area (Å²) in [7, 11) is 0. The van der Waals surface area contributed by atoms with Crippen molar-refractivity contribution in [2.45, 2.75) is 13.5 Å². The van der Waals surface area contributed by atoms with E-state index in [1.807, 2.05) is 37.5 Å². The summed E-state index contributed by atoms with van der Waals surface area (Å²) in [5.74, 6) is 0. The van der Waals surface area contributed by atoms with Crippen molar-refractivity contribution in [1.29, 1.82) is 0 Å². The normalized spacial score (nSPS) is 11.0. The third-order valence-corrected chi connectivity index (χ3v) is 3.50. The standard InChI is InChI=1S/C14H12ClN3/c1-10-11(15)6-7-16-13(10)8-18-9-17-12-4-2-3-5-14(12)18/h2-7,9H,8H2,1H3. The van der Waals surface area contributed by atoms with Gasteiger partial charge in [0.2, 0.25) is 0 Å². The zero-order valence-electron chi connectivity index (χ0n) is 9.97. The minimum absolute atomic E-state index is 0.687. The van der Waals surface area contributed by atoms with Gasteiger partial charge in [-0.3, -0.25) is 4.98 Å². The Morgan fingerprint density at radius 1 is 1.17 bits per heavy atom. The van der Waals surface area contributed by atoms with Crippen LogP contribution in [0.15, 0.2) is 42.9 Å². The number of rotatable bonds is 2. The Bertz CT molecular complexity index is 703. The summed E-state index contributed by atoms with van der Waals surface area (Å²) in [6, 6.07) is 9.88. The molecule has 1 aromatic carbocycles. The minimum atomic E-state index is 0.687. The van der Waals surface area contributed by atoms with E-state index >= 15 is 0 Å². The van der Waals surface area contributed by atoms with Crippen LogP contribution in [0.2, 0.25) is 5.02 Å². The van der Waals surface area contributed by atoms with Crippen LogP contribution in [0.1, 0.15) is 11.3 Å². The third kappa shape index (κ3) is 1.87. The molecule has 0 unspecified atom stereocenters. The SMILES string of the molecule is Cc1c(Cl)ccnc1Cn1cnc2ccccc21. The first-order chi connectivity index (χ1) is 8.75. The molecule has 0 radical (unpaired) electrons. The Labute approximate surface area is 110 Å². The van der Waals surface area contributed by atoms with Gasteiger partial charge < -0.3 is 4.57 Å². The van der Waals surface area contributed by atoms with Gasteiger partial charge in [0, 0.05) is 11.2 Å². The molecule has 0 spiro atoms. The summed E-state index contributed by atoms with van der Waals surface area (Å²) in [5.41, 5.74) is 4.11. The highest BCUT2D eigenvalue weighted by molar-refractivity contribution is 6.31. The van der Waals surface area contributed by atoms with Gasteiger partial charge in [0.15, 0.2) is 0 Å². The smallest absolute Gasteiger partial charge is 0.0962 e. The van der Waals surface area contributed by atoms with Gasteiger partial charge in [-0.2, -0.15) is 0 Å². The second-order valence-corrected chi connectivity index (χ2v) is 4.63. The predicted octanol–water partition coefficient (Wildman–Crippen LogP) is 3.44. The highest BCUT2D eigenvalue weighted by atomic mass is 35.5. The van der Waals surface area contributed by atoms with Crippen LogP contribution in [0.25, 0.3) is 11.0 Å². The minimum Gasteiger partial charge on any atom is -0.324 e. The number of fused-ring (bicyclic) bond motifs is 1. The molecule has 0 saturated heterocycles. The van der Waals surface area contributed by atoms with Crippen LogP contribution in [0.5, 0.6) is 0 Å². The Morgan fingerprint density at radius 3 is 2.89 bits per heavy atom. The molecule has 2 heterocycles. The van der Waals surface area contributed by atoms with Crippen LogP contribution in [0.4, 0.5) is 0 Å². The zero-order chi connectivity index (χ0) is 12.5. The molecule has 0 aliphatic rings. The van der Waals surface area contributed by atoms with E-state index in [1.54, 1.807) is 6.20 Å². The van der Waals surface area contributed by atoms with E-state index in [0.29, 0.717) is 6.54 Å². The van der Waals surface area contributed by atoms with Gasteiger partial charge in [-0.1, -0.05) is 23.7 Å². The summed E-state index contributed by atoms with van der Waals surface area (Å²) < 4.78 is 2.08. The molecule has 3 aromatic rings. The predicted molar refractivity (Wildman–Crippen MR) is 72.8 cm³/mol. The Morgan fingerprint density at radius 2 is 2.00 bits per heavy atom. The average molecular weight is 258 g/mol. The van der Waals surface area contributed by atoms with Crippen LogP contribution in [0.3, 0.4) is 0 Å². The third-order valence-electron chi connectivity index (χ3n) is 3.09. The molecule has 4 heteroatoms. The Hall–Kier alpha value is -1.87. The van der Waals surface area contributed by atoms with E-state index < -0.39 is 0 Å². The molecule has 0 atom stereocenters. The van der Waals surface area contributed by atoms with Crippen molar-refractivity contribution in [1.82, 2.24) is 14.5 Å². The largest absolute Gasteiger partial charge is 0.324 e. The molecular formula is C14H12ClN3. The molecule has 2 aromatic heterocycles. The number of hydrogen-bond donors (Lipinski definition) is 0. The van der Waals surface area contributed by atoms with Crippen LogP contribution in [-0.2, 0) is 6.54 Å². The van der Waals surface area contributed by atoms with Gasteiger partial charge >= 0.3 is 0 Å². The van der Waals surface area contributed by atoms with E-state index in [-0.39, 0.29) is 0 Å². The lowest BCUT2D eigenvalue weighted by atomic mass is 10.2. The topological polar surface area (TPSA) is 30.7 Å². The van der Waals surface area contributed by atoms with Gasteiger partial charge in [0.1, 0.15) is 0 Å². The van der Waals surface area contributed by atoms with Gasteiger partial charge in [-0.05, 0) is 30.7 Å². The van der Waals surface area contributed by atoms with Crippen LogP contribution < -0.4 is 0 Å². The van der Waals surface area contributed by atoms with Crippen molar-refractivity contribution in [3.63, 3.8) is 0 Å². The maximum Gasteiger partial charge on any atom is 0.0962 e. The lowest BCUT2D eigenvalue weighted by Gasteiger charge is -2.07. The fourth-order valence-corrected chi connectivity index (χ4v) is 2.17. The Kier molecular flexibility index (Phi) is 2.76. The quantitative estimate of drug-likeness (QED) is 0.704. The van der Waals surface area contributed by atoms with Crippen LogP contribution in [-0.4, -0.2) is 14.5 Å².